The van der Waals surface area contributed by atoms with Crippen LogP contribution in [0.15, 0.2) is 29.0 Å². The molecule has 0 aromatic heterocycles. The Hall–Kier alpha value is -3.89. The summed E-state index contributed by atoms with van der Waals surface area (Å²) in [6.07, 6.45) is 2.60. The van der Waals surface area contributed by atoms with Gasteiger partial charge in [0.15, 0.2) is 11.4 Å². The first kappa shape index (κ1) is 27.3. The molecule has 4 atom stereocenters. The number of aromatic hydroxyl groups is 2. The summed E-state index contributed by atoms with van der Waals surface area (Å²) in [6.45, 7) is 6.36. The first-order chi connectivity index (χ1) is 19.2. The van der Waals surface area contributed by atoms with Crippen LogP contribution in [0.25, 0.3) is 10.8 Å². The number of aliphatic hydroxyl groups excluding tert-OH is 1. The molecular weight excluding hydrogens is 530 g/mol. The van der Waals surface area contributed by atoms with Crippen LogP contribution in [0.2, 0.25) is 0 Å². The summed E-state index contributed by atoms with van der Waals surface area (Å²) < 4.78 is 11.7. The molecule has 2 aromatic carbocycles. The number of phenols is 2. The highest BCUT2D eigenvalue weighted by atomic mass is 16.5. The number of methoxy groups -OCH3 is 2. The predicted molar refractivity (Wildman–Crippen MR) is 147 cm³/mol. The highest BCUT2D eigenvalue weighted by Crippen LogP contribution is 2.66. The molecule has 0 radical (unpaired) electrons. The lowest BCUT2D eigenvalue weighted by Gasteiger charge is -2.49. The second-order valence-electron chi connectivity index (χ2n) is 12.3. The molecule has 1 spiro atoms. The van der Waals surface area contributed by atoms with Crippen molar-refractivity contribution in [2.45, 2.75) is 63.6 Å². The van der Waals surface area contributed by atoms with E-state index in [0.717, 1.165) is 24.0 Å². The van der Waals surface area contributed by atoms with Gasteiger partial charge in [-0.3, -0.25) is 14.4 Å². The van der Waals surface area contributed by atoms with Gasteiger partial charge in [-0.2, -0.15) is 0 Å². The molecule has 0 saturated carbocycles. The summed E-state index contributed by atoms with van der Waals surface area (Å²) in [4.78, 5) is 39.2. The summed E-state index contributed by atoms with van der Waals surface area (Å²) in [7, 11) is 2.86. The second-order valence-corrected chi connectivity index (χ2v) is 12.3. The maximum Gasteiger partial charge on any atom is 0.255 e. The van der Waals surface area contributed by atoms with Crippen LogP contribution in [-0.4, -0.2) is 57.7 Å². The van der Waals surface area contributed by atoms with Gasteiger partial charge in [-0.15, -0.1) is 0 Å². The molecule has 10 heteroatoms. The van der Waals surface area contributed by atoms with E-state index in [1.807, 2.05) is 6.92 Å². The van der Waals surface area contributed by atoms with E-state index in [1.54, 1.807) is 0 Å². The van der Waals surface area contributed by atoms with Crippen molar-refractivity contribution in [3.63, 3.8) is 0 Å². The monoisotopic (exact) mass is 563 g/mol. The van der Waals surface area contributed by atoms with Crippen LogP contribution in [0.1, 0.15) is 73.2 Å². The Morgan fingerprint density at radius 1 is 1.12 bits per heavy atom. The molecule has 6 rings (SSSR count). The molecule has 41 heavy (non-hydrogen) atoms. The van der Waals surface area contributed by atoms with E-state index < -0.39 is 64.0 Å². The predicted octanol–water partition coefficient (Wildman–Crippen LogP) is 3.32. The van der Waals surface area contributed by atoms with Gasteiger partial charge < -0.3 is 35.6 Å². The third-order valence-corrected chi connectivity index (χ3v) is 10.3. The summed E-state index contributed by atoms with van der Waals surface area (Å²) >= 11 is 0. The minimum atomic E-state index is -2.77. The zero-order valence-corrected chi connectivity index (χ0v) is 23.5. The third-order valence-electron chi connectivity index (χ3n) is 10.3. The number of fused-ring (bicyclic) bond motifs is 4. The minimum absolute atomic E-state index is 0.0105. The van der Waals surface area contributed by atoms with Gasteiger partial charge in [0.2, 0.25) is 5.78 Å². The lowest BCUT2D eigenvalue weighted by molar-refractivity contribution is -0.131. The number of carbonyl (C=O) groups is 3. The Morgan fingerprint density at radius 2 is 1.80 bits per heavy atom. The molecule has 0 bridgehead atoms. The number of ketones is 2. The smallest absolute Gasteiger partial charge is 0.255 e. The van der Waals surface area contributed by atoms with E-state index in [4.69, 9.17) is 15.2 Å². The number of phenolic OH excluding ortho intramolecular Hbond substituents is 2. The SMILES string of the molecule is COc1cc(O)c2c(O)c3c(c4c2c1[C@]1(C4)C(C)=CCCC1(C)C)[C@@H](OC)[C@H]1CC(=O)C(C(N)=O)=C(O)[C@@]1(O)C3=O. The van der Waals surface area contributed by atoms with Crippen LogP contribution in [0, 0.1) is 11.3 Å². The number of ether oxygens (including phenoxy) is 2. The van der Waals surface area contributed by atoms with Crippen molar-refractivity contribution in [3.8, 4) is 17.2 Å². The van der Waals surface area contributed by atoms with Gasteiger partial charge in [0.1, 0.15) is 28.6 Å². The average Bonchev–Trinajstić information content (AvgIpc) is 3.26. The van der Waals surface area contributed by atoms with Gasteiger partial charge in [0.25, 0.3) is 5.91 Å². The van der Waals surface area contributed by atoms with Gasteiger partial charge in [-0.25, -0.2) is 0 Å². The summed E-state index contributed by atoms with van der Waals surface area (Å²) in [5.74, 6) is -6.20. The minimum Gasteiger partial charge on any atom is -0.508 e. The zero-order valence-electron chi connectivity index (χ0n) is 23.5. The zero-order chi connectivity index (χ0) is 30.0. The number of allylic oxidation sites excluding steroid dienone is 2. The number of Topliss-reactive ketones (excluding diaryl/α,β-unsaturated/α-hetero) is 2. The van der Waals surface area contributed by atoms with Gasteiger partial charge >= 0.3 is 0 Å². The fourth-order valence-electron chi connectivity index (χ4n) is 8.35. The van der Waals surface area contributed by atoms with Crippen LogP contribution in [-0.2, 0) is 26.2 Å². The summed E-state index contributed by atoms with van der Waals surface area (Å²) in [6, 6.07) is 1.42. The molecule has 0 unspecified atom stereocenters. The fraction of sp³-hybridized carbons (Fsp3) is 0.452. The number of primary amides is 1. The summed E-state index contributed by atoms with van der Waals surface area (Å²) in [5.41, 5.74) is 3.16. The van der Waals surface area contributed by atoms with E-state index in [1.165, 1.54) is 20.3 Å². The van der Waals surface area contributed by atoms with Crippen molar-refractivity contribution in [2.24, 2.45) is 17.1 Å². The molecule has 216 valence electrons. The molecule has 10 nitrogen and oxygen atoms in total. The number of amides is 1. The average molecular weight is 564 g/mol. The number of benzene rings is 2. The van der Waals surface area contributed by atoms with E-state index >= 15 is 0 Å². The maximum absolute atomic E-state index is 14.2. The van der Waals surface area contributed by atoms with Crippen molar-refractivity contribution >= 4 is 28.2 Å². The van der Waals surface area contributed by atoms with E-state index in [-0.39, 0.29) is 27.7 Å². The number of rotatable bonds is 3. The van der Waals surface area contributed by atoms with E-state index in [0.29, 0.717) is 23.1 Å². The van der Waals surface area contributed by atoms with Gasteiger partial charge in [0.05, 0.1) is 24.2 Å². The lowest BCUT2D eigenvalue weighted by atomic mass is 9.54. The van der Waals surface area contributed by atoms with Crippen LogP contribution >= 0.6 is 0 Å². The molecule has 1 amide bonds. The molecule has 4 aliphatic carbocycles. The maximum atomic E-state index is 14.2. The number of carbonyl (C=O) groups excluding carboxylic acids is 3. The van der Waals surface area contributed by atoms with Gasteiger partial charge in [-0.05, 0) is 42.7 Å². The topological polar surface area (TPSA) is 177 Å². The fourth-order valence-corrected chi connectivity index (χ4v) is 8.35. The van der Waals surface area contributed by atoms with Crippen molar-refractivity contribution in [3.05, 3.63) is 51.3 Å². The number of aliphatic hydroxyl groups is 2. The molecule has 0 saturated heterocycles. The molecular formula is C31H33NO9. The first-order valence-electron chi connectivity index (χ1n) is 13.6. The molecule has 4 aliphatic rings. The van der Waals surface area contributed by atoms with Gasteiger partial charge in [0, 0.05) is 41.9 Å². The van der Waals surface area contributed by atoms with Crippen molar-refractivity contribution < 1.29 is 44.3 Å². The standard InChI is InChI=1S/C31H33NO9/c1-12-7-6-8-29(2,3)30(12)11-13-18-20(16(34)10-17(40-4)23(18)30)24(35)22-19(13)25(41-5)14-9-15(33)21(28(32)38)26(36)31(14,39)27(22)37/h7,10,14,25,34-36,39H,6,8-9,11H2,1-5H3,(H2,32,38)/t14-,25+,30+,31-/m1/s1. The Morgan fingerprint density at radius 3 is 2.39 bits per heavy atom. The molecule has 2 aromatic rings. The molecule has 0 fully saturated rings. The third kappa shape index (κ3) is 2.96. The molecule has 6 N–H and O–H groups in total. The Kier molecular flexibility index (Phi) is 5.54. The number of hydrogen-bond acceptors (Lipinski definition) is 9. The first-order valence-corrected chi connectivity index (χ1v) is 13.6. The van der Waals surface area contributed by atoms with Crippen LogP contribution in [0.5, 0.6) is 17.2 Å². The normalized spacial score (nSPS) is 30.0. The molecule has 0 heterocycles. The van der Waals surface area contributed by atoms with Gasteiger partial charge in [-0.1, -0.05) is 25.5 Å². The van der Waals surface area contributed by atoms with E-state index in [9.17, 15) is 34.8 Å². The number of nitrogens with two attached hydrogens (primary N) is 1. The second kappa shape index (κ2) is 8.33. The summed E-state index contributed by atoms with van der Waals surface area (Å²) in [5, 5.41) is 46.3. The quantitative estimate of drug-likeness (QED) is 0.277. The molecule has 0 aliphatic heterocycles. The Labute approximate surface area is 236 Å². The van der Waals surface area contributed by atoms with Crippen molar-refractivity contribution in [2.75, 3.05) is 14.2 Å². The van der Waals surface area contributed by atoms with Crippen LogP contribution in [0.4, 0.5) is 0 Å². The largest absolute Gasteiger partial charge is 0.508 e. The highest BCUT2D eigenvalue weighted by molar-refractivity contribution is 6.23. The van der Waals surface area contributed by atoms with Crippen LogP contribution in [0.3, 0.4) is 0 Å². The van der Waals surface area contributed by atoms with E-state index in [2.05, 4.69) is 19.9 Å². The van der Waals surface area contributed by atoms with Crippen LogP contribution < -0.4 is 10.5 Å². The Bertz CT molecular complexity index is 1680. The van der Waals surface area contributed by atoms with Crippen molar-refractivity contribution in [1.29, 1.82) is 0 Å². The number of hydrogen-bond donors (Lipinski definition) is 5. The highest BCUT2D eigenvalue weighted by Gasteiger charge is 2.64. The Balaban J connectivity index is 1.78. The lowest BCUT2D eigenvalue weighted by Crippen LogP contribution is -2.58. The van der Waals surface area contributed by atoms with Crippen molar-refractivity contribution in [1.82, 2.24) is 0 Å².